The van der Waals surface area contributed by atoms with E-state index in [-0.39, 0.29) is 17.4 Å². The molecule has 6 heteroatoms. The van der Waals surface area contributed by atoms with Gasteiger partial charge in [0.1, 0.15) is 0 Å². The Morgan fingerprint density at radius 1 is 1.29 bits per heavy atom. The predicted octanol–water partition coefficient (Wildman–Crippen LogP) is 2.06. The van der Waals surface area contributed by atoms with Crippen LogP contribution in [0.3, 0.4) is 0 Å². The van der Waals surface area contributed by atoms with Crippen molar-refractivity contribution < 1.29 is 9.53 Å². The van der Waals surface area contributed by atoms with Crippen LogP contribution in [-0.2, 0) is 11.8 Å². The molecule has 0 atom stereocenters. The molecular weight excluding hydrogens is 306 g/mol. The van der Waals surface area contributed by atoms with E-state index in [0.29, 0.717) is 22.4 Å². The molecule has 0 radical (unpaired) electrons. The van der Waals surface area contributed by atoms with Crippen molar-refractivity contribution in [3.05, 3.63) is 33.6 Å². The highest BCUT2D eigenvalue weighted by Gasteiger charge is 2.23. The van der Waals surface area contributed by atoms with Gasteiger partial charge in [-0.3, -0.25) is 14.2 Å². The number of benzene rings is 1. The number of Topliss-reactive ketones (excluding diaryl/α,β-unsaturated/α-hetero) is 1. The summed E-state index contributed by atoms with van der Waals surface area (Å²) in [6, 6.07) is 3.61. The molecule has 1 aromatic heterocycles. The van der Waals surface area contributed by atoms with Gasteiger partial charge in [0, 0.05) is 32.8 Å². The zero-order valence-corrected chi connectivity index (χ0v) is 14.6. The molecule has 0 bridgehead atoms. The highest BCUT2D eigenvalue weighted by atomic mass is 16.5. The smallest absolute Gasteiger partial charge is 0.262 e. The number of carbonyl (C=O) groups is 1. The molecule has 2 aromatic rings. The summed E-state index contributed by atoms with van der Waals surface area (Å²) < 4.78 is 6.99. The number of piperidine rings is 1. The monoisotopic (exact) mass is 329 g/mol. The van der Waals surface area contributed by atoms with E-state index in [9.17, 15) is 9.59 Å². The number of nitrogens with zero attached hydrogens (tertiary/aromatic N) is 3. The summed E-state index contributed by atoms with van der Waals surface area (Å²) in [7, 11) is 3.47. The SMILES string of the molecule is COC1CCN(c2nc3c(C(C)=O)cc(C)cc3c(=O)n2C)CC1. The Bertz CT molecular complexity index is 849. The van der Waals surface area contributed by atoms with Gasteiger partial charge in [0.2, 0.25) is 5.95 Å². The largest absolute Gasteiger partial charge is 0.381 e. The summed E-state index contributed by atoms with van der Waals surface area (Å²) in [6.45, 7) is 4.96. The predicted molar refractivity (Wildman–Crippen MR) is 94.0 cm³/mol. The first-order valence-electron chi connectivity index (χ1n) is 8.22. The van der Waals surface area contributed by atoms with Gasteiger partial charge in [-0.2, -0.15) is 0 Å². The maximum Gasteiger partial charge on any atom is 0.262 e. The Kier molecular flexibility index (Phi) is 4.41. The van der Waals surface area contributed by atoms with E-state index in [1.54, 1.807) is 30.9 Å². The minimum atomic E-state index is -0.116. The van der Waals surface area contributed by atoms with Crippen LogP contribution in [0.1, 0.15) is 35.7 Å². The third kappa shape index (κ3) is 2.82. The van der Waals surface area contributed by atoms with Crippen LogP contribution >= 0.6 is 0 Å². The topological polar surface area (TPSA) is 64.4 Å². The van der Waals surface area contributed by atoms with E-state index < -0.39 is 0 Å². The fourth-order valence-corrected chi connectivity index (χ4v) is 3.35. The van der Waals surface area contributed by atoms with E-state index >= 15 is 0 Å². The Morgan fingerprint density at radius 3 is 2.54 bits per heavy atom. The third-order valence-electron chi connectivity index (χ3n) is 4.74. The van der Waals surface area contributed by atoms with Gasteiger partial charge >= 0.3 is 0 Å². The average molecular weight is 329 g/mol. The molecule has 0 N–H and O–H groups in total. The van der Waals surface area contributed by atoms with Gasteiger partial charge < -0.3 is 9.64 Å². The summed E-state index contributed by atoms with van der Waals surface area (Å²) in [5.74, 6) is 0.543. The Balaban J connectivity index is 2.15. The number of carbonyl (C=O) groups excluding carboxylic acids is 1. The number of aryl methyl sites for hydroxylation is 1. The van der Waals surface area contributed by atoms with E-state index in [2.05, 4.69) is 4.90 Å². The number of fused-ring (bicyclic) bond motifs is 1. The van der Waals surface area contributed by atoms with E-state index in [4.69, 9.17) is 9.72 Å². The number of ketones is 1. The van der Waals surface area contributed by atoms with Crippen LogP contribution in [0.4, 0.5) is 5.95 Å². The van der Waals surface area contributed by atoms with E-state index in [0.717, 1.165) is 31.5 Å². The zero-order valence-electron chi connectivity index (χ0n) is 14.6. The molecule has 2 heterocycles. The lowest BCUT2D eigenvalue weighted by Crippen LogP contribution is -2.40. The summed E-state index contributed by atoms with van der Waals surface area (Å²) in [5, 5.41) is 0.498. The lowest BCUT2D eigenvalue weighted by molar-refractivity contribution is 0.0815. The quantitative estimate of drug-likeness (QED) is 0.807. The molecule has 1 aromatic carbocycles. The molecule has 1 aliphatic heterocycles. The summed E-state index contributed by atoms with van der Waals surface area (Å²) in [5.41, 5.74) is 1.78. The van der Waals surface area contributed by atoms with Gasteiger partial charge in [0.15, 0.2) is 5.78 Å². The molecule has 1 aliphatic rings. The van der Waals surface area contributed by atoms with Crippen LogP contribution in [0.2, 0.25) is 0 Å². The lowest BCUT2D eigenvalue weighted by atomic mass is 10.0. The van der Waals surface area contributed by atoms with Crippen LogP contribution in [0.5, 0.6) is 0 Å². The van der Waals surface area contributed by atoms with Crippen LogP contribution in [0, 0.1) is 6.92 Å². The normalized spacial score (nSPS) is 15.9. The molecule has 0 unspecified atom stereocenters. The van der Waals surface area contributed by atoms with Gasteiger partial charge in [0.05, 0.1) is 17.0 Å². The van der Waals surface area contributed by atoms with Crippen LogP contribution in [0.15, 0.2) is 16.9 Å². The van der Waals surface area contributed by atoms with Crippen molar-refractivity contribution in [2.24, 2.45) is 7.05 Å². The van der Waals surface area contributed by atoms with E-state index in [1.165, 1.54) is 6.92 Å². The maximum absolute atomic E-state index is 12.8. The fourth-order valence-electron chi connectivity index (χ4n) is 3.35. The summed E-state index contributed by atoms with van der Waals surface area (Å²) in [4.78, 5) is 31.6. The van der Waals surface area contributed by atoms with Crippen molar-refractivity contribution in [2.75, 3.05) is 25.1 Å². The summed E-state index contributed by atoms with van der Waals surface area (Å²) in [6.07, 6.45) is 2.06. The van der Waals surface area contributed by atoms with Crippen molar-refractivity contribution in [3.8, 4) is 0 Å². The van der Waals surface area contributed by atoms with Gasteiger partial charge in [0.25, 0.3) is 5.56 Å². The highest BCUT2D eigenvalue weighted by molar-refractivity contribution is 6.05. The second kappa shape index (κ2) is 6.36. The first-order valence-corrected chi connectivity index (χ1v) is 8.22. The number of ether oxygens (including phenoxy) is 1. The Morgan fingerprint density at radius 2 is 1.96 bits per heavy atom. The van der Waals surface area contributed by atoms with Crippen LogP contribution < -0.4 is 10.5 Å². The number of hydrogen-bond acceptors (Lipinski definition) is 5. The highest BCUT2D eigenvalue weighted by Crippen LogP contribution is 2.23. The van der Waals surface area contributed by atoms with Crippen molar-refractivity contribution in [1.82, 2.24) is 9.55 Å². The van der Waals surface area contributed by atoms with Crippen molar-refractivity contribution in [3.63, 3.8) is 0 Å². The van der Waals surface area contributed by atoms with Gasteiger partial charge in [-0.25, -0.2) is 4.98 Å². The molecule has 0 aliphatic carbocycles. The molecule has 3 rings (SSSR count). The van der Waals surface area contributed by atoms with Gasteiger partial charge in [-0.15, -0.1) is 0 Å². The van der Waals surface area contributed by atoms with Gasteiger partial charge in [-0.1, -0.05) is 0 Å². The van der Waals surface area contributed by atoms with Crippen LogP contribution in [-0.4, -0.2) is 41.6 Å². The Hall–Kier alpha value is -2.21. The molecule has 0 spiro atoms. The number of anilines is 1. The molecule has 6 nitrogen and oxygen atoms in total. The zero-order chi connectivity index (χ0) is 17.4. The third-order valence-corrected chi connectivity index (χ3v) is 4.74. The molecule has 0 saturated carbocycles. The Labute approximate surface area is 141 Å². The number of hydrogen-bond donors (Lipinski definition) is 0. The minimum Gasteiger partial charge on any atom is -0.381 e. The van der Waals surface area contributed by atoms with Crippen molar-refractivity contribution in [1.29, 1.82) is 0 Å². The molecule has 128 valence electrons. The first kappa shape index (κ1) is 16.6. The molecule has 24 heavy (non-hydrogen) atoms. The second-order valence-electron chi connectivity index (χ2n) is 6.46. The second-order valence-corrected chi connectivity index (χ2v) is 6.46. The van der Waals surface area contributed by atoms with E-state index in [1.807, 2.05) is 6.92 Å². The molecular formula is C18H23N3O3. The number of methoxy groups -OCH3 is 1. The van der Waals surface area contributed by atoms with Gasteiger partial charge in [-0.05, 0) is 44.4 Å². The standard InChI is InChI=1S/C18H23N3O3/c1-11-9-14(12(2)22)16-15(10-11)17(23)20(3)18(19-16)21-7-5-13(24-4)6-8-21/h9-10,13H,5-8H2,1-4H3. The number of rotatable bonds is 3. The minimum absolute atomic E-state index is 0.0755. The van der Waals surface area contributed by atoms with Crippen LogP contribution in [0.25, 0.3) is 10.9 Å². The number of aromatic nitrogens is 2. The molecule has 1 fully saturated rings. The fraction of sp³-hybridized carbons (Fsp3) is 0.500. The summed E-state index contributed by atoms with van der Waals surface area (Å²) >= 11 is 0. The van der Waals surface area contributed by atoms with Crippen molar-refractivity contribution in [2.45, 2.75) is 32.8 Å². The van der Waals surface area contributed by atoms with Crippen molar-refractivity contribution >= 4 is 22.6 Å². The molecule has 0 amide bonds. The molecule has 1 saturated heterocycles. The average Bonchev–Trinajstić information content (AvgIpc) is 2.58. The first-order chi connectivity index (χ1) is 11.4. The maximum atomic E-state index is 12.8. The lowest BCUT2D eigenvalue weighted by Gasteiger charge is -2.32.